The zero-order valence-corrected chi connectivity index (χ0v) is 22.2. The minimum Gasteiger partial charge on any atom is -0.507 e. The second-order valence-corrected chi connectivity index (χ2v) is 9.06. The Morgan fingerprint density at radius 1 is 0.921 bits per heavy atom. The van der Waals surface area contributed by atoms with E-state index in [-0.39, 0.29) is 17.9 Å². The molecule has 1 atom stereocenters. The Hall–Kier alpha value is -4.46. The SMILES string of the molecule is CCOc1ccc(CN2C(=O)C(=O)/C(=C(\O)c3ccc(OC)c(OC)c3)C2c2ccc(N(C)C)cc2)cc1. The average molecular weight is 517 g/mol. The molecule has 38 heavy (non-hydrogen) atoms. The Kier molecular flexibility index (Phi) is 7.90. The molecule has 1 unspecified atom stereocenters. The Balaban J connectivity index is 1.82. The van der Waals surface area contributed by atoms with Crippen LogP contribution in [-0.2, 0) is 16.1 Å². The van der Waals surface area contributed by atoms with Crippen molar-refractivity contribution in [1.29, 1.82) is 0 Å². The Morgan fingerprint density at radius 3 is 2.16 bits per heavy atom. The molecule has 1 saturated heterocycles. The lowest BCUT2D eigenvalue weighted by molar-refractivity contribution is -0.140. The fourth-order valence-corrected chi connectivity index (χ4v) is 4.54. The number of likely N-dealkylation sites (tertiary alicyclic amines) is 1. The summed E-state index contributed by atoms with van der Waals surface area (Å²) in [6, 6.07) is 19.1. The number of hydrogen-bond acceptors (Lipinski definition) is 7. The number of aliphatic hydroxyl groups is 1. The van der Waals surface area contributed by atoms with Gasteiger partial charge in [-0.15, -0.1) is 0 Å². The van der Waals surface area contributed by atoms with Gasteiger partial charge < -0.3 is 29.1 Å². The van der Waals surface area contributed by atoms with Gasteiger partial charge in [0.05, 0.1) is 32.4 Å². The lowest BCUT2D eigenvalue weighted by Gasteiger charge is -2.26. The van der Waals surface area contributed by atoms with E-state index in [1.807, 2.05) is 74.4 Å². The molecule has 1 amide bonds. The zero-order valence-electron chi connectivity index (χ0n) is 22.2. The summed E-state index contributed by atoms with van der Waals surface area (Å²) < 4.78 is 16.2. The first-order chi connectivity index (χ1) is 18.3. The number of amides is 1. The van der Waals surface area contributed by atoms with Gasteiger partial charge in [-0.25, -0.2) is 0 Å². The van der Waals surface area contributed by atoms with Crippen LogP contribution in [0.15, 0.2) is 72.3 Å². The normalized spacial score (nSPS) is 16.4. The molecule has 8 heteroatoms. The van der Waals surface area contributed by atoms with Gasteiger partial charge in [0.2, 0.25) is 0 Å². The van der Waals surface area contributed by atoms with Gasteiger partial charge in [0.1, 0.15) is 11.5 Å². The number of methoxy groups -OCH3 is 2. The van der Waals surface area contributed by atoms with Crippen molar-refractivity contribution in [3.05, 3.63) is 89.0 Å². The highest BCUT2D eigenvalue weighted by atomic mass is 16.5. The number of aliphatic hydroxyl groups excluding tert-OH is 1. The number of ether oxygens (including phenoxy) is 3. The van der Waals surface area contributed by atoms with E-state index in [0.29, 0.717) is 29.2 Å². The molecule has 1 aliphatic rings. The van der Waals surface area contributed by atoms with Crippen LogP contribution in [0.1, 0.15) is 29.7 Å². The first-order valence-electron chi connectivity index (χ1n) is 12.3. The Morgan fingerprint density at radius 2 is 1.58 bits per heavy atom. The van der Waals surface area contributed by atoms with Crippen molar-refractivity contribution in [2.24, 2.45) is 0 Å². The maximum atomic E-state index is 13.4. The third kappa shape index (κ3) is 5.16. The molecule has 198 valence electrons. The van der Waals surface area contributed by atoms with Crippen molar-refractivity contribution in [3.8, 4) is 17.2 Å². The molecule has 0 saturated carbocycles. The molecule has 0 spiro atoms. The van der Waals surface area contributed by atoms with E-state index in [1.54, 1.807) is 18.2 Å². The average Bonchev–Trinajstić information content (AvgIpc) is 3.18. The molecule has 1 fully saturated rings. The second kappa shape index (κ2) is 11.3. The predicted octanol–water partition coefficient (Wildman–Crippen LogP) is 4.79. The molecule has 3 aromatic carbocycles. The van der Waals surface area contributed by atoms with Crippen LogP contribution in [0.2, 0.25) is 0 Å². The summed E-state index contributed by atoms with van der Waals surface area (Å²) in [5, 5.41) is 11.4. The molecule has 8 nitrogen and oxygen atoms in total. The first-order valence-corrected chi connectivity index (χ1v) is 12.3. The fourth-order valence-electron chi connectivity index (χ4n) is 4.54. The number of carbonyl (C=O) groups excluding carboxylic acids is 2. The molecule has 1 N–H and O–H groups in total. The highest BCUT2D eigenvalue weighted by Gasteiger charge is 2.46. The maximum Gasteiger partial charge on any atom is 0.295 e. The largest absolute Gasteiger partial charge is 0.507 e. The summed E-state index contributed by atoms with van der Waals surface area (Å²) in [5.74, 6) is -0.0989. The van der Waals surface area contributed by atoms with Gasteiger partial charge in [0.15, 0.2) is 11.5 Å². The summed E-state index contributed by atoms with van der Waals surface area (Å²) in [5.41, 5.74) is 2.87. The highest BCUT2D eigenvalue weighted by Crippen LogP contribution is 2.41. The van der Waals surface area contributed by atoms with Crippen molar-refractivity contribution >= 4 is 23.1 Å². The van der Waals surface area contributed by atoms with Gasteiger partial charge in [-0.3, -0.25) is 9.59 Å². The van der Waals surface area contributed by atoms with Gasteiger partial charge in [-0.05, 0) is 60.5 Å². The lowest BCUT2D eigenvalue weighted by Crippen LogP contribution is -2.29. The van der Waals surface area contributed by atoms with Crippen molar-refractivity contribution in [2.75, 3.05) is 39.8 Å². The van der Waals surface area contributed by atoms with Crippen LogP contribution in [0.3, 0.4) is 0 Å². The van der Waals surface area contributed by atoms with Gasteiger partial charge >= 0.3 is 0 Å². The standard InChI is InChI=1S/C30H32N2O6/c1-6-38-23-14-7-19(8-15-23)18-32-27(20-9-12-22(13-10-20)31(2)3)26(29(34)30(32)35)28(33)21-11-16-24(36-4)25(17-21)37-5/h7-17,27,33H,6,18H2,1-5H3/b28-26-. The summed E-state index contributed by atoms with van der Waals surface area (Å²) in [7, 11) is 6.87. The van der Waals surface area contributed by atoms with Crippen LogP contribution in [0, 0.1) is 0 Å². The molecule has 3 aromatic rings. The van der Waals surface area contributed by atoms with Crippen LogP contribution < -0.4 is 19.1 Å². The lowest BCUT2D eigenvalue weighted by atomic mass is 9.94. The Bertz CT molecular complexity index is 1350. The second-order valence-electron chi connectivity index (χ2n) is 9.06. The van der Waals surface area contributed by atoms with Crippen LogP contribution in [0.5, 0.6) is 17.2 Å². The number of carbonyl (C=O) groups is 2. The topological polar surface area (TPSA) is 88.5 Å². The van der Waals surface area contributed by atoms with Crippen LogP contribution in [0.25, 0.3) is 5.76 Å². The van der Waals surface area contributed by atoms with Gasteiger partial charge in [-0.2, -0.15) is 0 Å². The smallest absolute Gasteiger partial charge is 0.295 e. The van der Waals surface area contributed by atoms with Crippen LogP contribution in [-0.4, -0.2) is 56.6 Å². The quantitative estimate of drug-likeness (QED) is 0.249. The number of Topliss-reactive ketones (excluding diaryl/α,β-unsaturated/α-hetero) is 1. The zero-order chi connectivity index (χ0) is 27.4. The maximum absolute atomic E-state index is 13.4. The summed E-state index contributed by atoms with van der Waals surface area (Å²) in [6.07, 6.45) is 0. The van der Waals surface area contributed by atoms with Crippen molar-refractivity contribution < 1.29 is 28.9 Å². The number of anilines is 1. The number of nitrogens with zero attached hydrogens (tertiary/aromatic N) is 2. The molecule has 0 aromatic heterocycles. The minimum absolute atomic E-state index is 0.0192. The third-order valence-corrected chi connectivity index (χ3v) is 6.51. The fraction of sp³-hybridized carbons (Fsp3) is 0.267. The molecule has 4 rings (SSSR count). The van der Waals surface area contributed by atoms with E-state index in [1.165, 1.54) is 19.1 Å². The van der Waals surface area contributed by atoms with Gasteiger partial charge in [0, 0.05) is 31.9 Å². The van der Waals surface area contributed by atoms with Gasteiger partial charge in [-0.1, -0.05) is 24.3 Å². The number of rotatable bonds is 9. The van der Waals surface area contributed by atoms with E-state index in [2.05, 4.69) is 0 Å². The Labute approximate surface area is 222 Å². The molecule has 0 radical (unpaired) electrons. The molecule has 1 aliphatic heterocycles. The first kappa shape index (κ1) is 26.6. The predicted molar refractivity (Wildman–Crippen MR) is 146 cm³/mol. The van der Waals surface area contributed by atoms with Crippen LogP contribution >= 0.6 is 0 Å². The van der Waals surface area contributed by atoms with E-state index in [0.717, 1.165) is 17.0 Å². The highest BCUT2D eigenvalue weighted by molar-refractivity contribution is 6.46. The van der Waals surface area contributed by atoms with Crippen molar-refractivity contribution in [1.82, 2.24) is 4.90 Å². The van der Waals surface area contributed by atoms with Gasteiger partial charge in [0.25, 0.3) is 11.7 Å². The number of hydrogen-bond donors (Lipinski definition) is 1. The monoisotopic (exact) mass is 516 g/mol. The number of ketones is 1. The molecule has 0 bridgehead atoms. The summed E-state index contributed by atoms with van der Waals surface area (Å²) in [4.78, 5) is 30.2. The minimum atomic E-state index is -0.786. The van der Waals surface area contributed by atoms with E-state index < -0.39 is 17.7 Å². The third-order valence-electron chi connectivity index (χ3n) is 6.51. The summed E-state index contributed by atoms with van der Waals surface area (Å²) in [6.45, 7) is 2.64. The number of benzene rings is 3. The summed E-state index contributed by atoms with van der Waals surface area (Å²) >= 11 is 0. The van der Waals surface area contributed by atoms with E-state index >= 15 is 0 Å². The molecular formula is C30H32N2O6. The van der Waals surface area contributed by atoms with Crippen LogP contribution in [0.4, 0.5) is 5.69 Å². The van der Waals surface area contributed by atoms with Crippen molar-refractivity contribution in [2.45, 2.75) is 19.5 Å². The molecule has 0 aliphatic carbocycles. The van der Waals surface area contributed by atoms with Crippen molar-refractivity contribution in [3.63, 3.8) is 0 Å². The van der Waals surface area contributed by atoms with E-state index in [4.69, 9.17) is 14.2 Å². The molecule has 1 heterocycles. The molecular weight excluding hydrogens is 484 g/mol. The van der Waals surface area contributed by atoms with E-state index in [9.17, 15) is 14.7 Å².